The molecule has 28 heavy (non-hydrogen) atoms. The molecule has 0 saturated heterocycles. The second-order valence-electron chi connectivity index (χ2n) is 6.61. The van der Waals surface area contributed by atoms with E-state index in [0.717, 1.165) is 25.2 Å². The van der Waals surface area contributed by atoms with Gasteiger partial charge in [0.25, 0.3) is 0 Å². The van der Waals surface area contributed by atoms with Crippen molar-refractivity contribution < 1.29 is 17.4 Å². The third-order valence-electron chi connectivity index (χ3n) is 4.80. The van der Waals surface area contributed by atoms with E-state index in [4.69, 9.17) is 4.18 Å². The van der Waals surface area contributed by atoms with Gasteiger partial charge >= 0.3 is 16.1 Å². The van der Waals surface area contributed by atoms with Crippen molar-refractivity contribution in [2.75, 3.05) is 30.3 Å². The standard InChI is InChI=1S/C20H35N3O4S/c1-7-16(6)23(20(24)21-8-2)15-17-12-13-18(22(9-3)10-4)14-19(17)27-28(25,26)11-5/h12-14,16H,7-11,15H2,1-6H3,(H,21,24)/t16-/m0/s1. The van der Waals surface area contributed by atoms with Crippen LogP contribution < -0.4 is 14.4 Å². The smallest absolute Gasteiger partial charge is 0.317 e. The van der Waals surface area contributed by atoms with Gasteiger partial charge in [0, 0.05) is 43.0 Å². The van der Waals surface area contributed by atoms with Gasteiger partial charge in [-0.15, -0.1) is 0 Å². The first kappa shape index (κ1) is 24.1. The summed E-state index contributed by atoms with van der Waals surface area (Å²) >= 11 is 0. The Morgan fingerprint density at radius 1 is 1.14 bits per heavy atom. The minimum absolute atomic E-state index is 0.00430. The van der Waals surface area contributed by atoms with Crippen molar-refractivity contribution in [2.24, 2.45) is 0 Å². The Labute approximate surface area is 170 Å². The van der Waals surface area contributed by atoms with Crippen molar-refractivity contribution in [3.63, 3.8) is 0 Å². The fourth-order valence-electron chi connectivity index (χ4n) is 2.82. The number of urea groups is 1. The molecule has 7 nitrogen and oxygen atoms in total. The molecule has 0 aliphatic carbocycles. The molecule has 0 saturated carbocycles. The average molecular weight is 414 g/mol. The zero-order chi connectivity index (χ0) is 21.3. The van der Waals surface area contributed by atoms with E-state index in [0.29, 0.717) is 12.1 Å². The normalized spacial score (nSPS) is 12.4. The maximum absolute atomic E-state index is 12.5. The second kappa shape index (κ2) is 11.1. The topological polar surface area (TPSA) is 79.0 Å². The maximum atomic E-state index is 12.5. The number of rotatable bonds is 11. The van der Waals surface area contributed by atoms with E-state index in [1.54, 1.807) is 17.9 Å². The Hall–Kier alpha value is -1.96. The summed E-state index contributed by atoms with van der Waals surface area (Å²) < 4.78 is 29.7. The molecule has 0 aromatic heterocycles. The molecule has 1 N–H and O–H groups in total. The SMILES string of the molecule is CCNC(=O)N(Cc1ccc(N(CC)CC)cc1OS(=O)(=O)CC)[C@@H](C)CC. The van der Waals surface area contributed by atoms with Crippen molar-refractivity contribution in [3.05, 3.63) is 23.8 Å². The maximum Gasteiger partial charge on any atom is 0.317 e. The molecule has 1 rings (SSSR count). The van der Waals surface area contributed by atoms with E-state index in [-0.39, 0.29) is 30.1 Å². The Kier molecular flexibility index (Phi) is 9.58. The van der Waals surface area contributed by atoms with Crippen LogP contribution in [0.15, 0.2) is 18.2 Å². The molecule has 0 heterocycles. The van der Waals surface area contributed by atoms with Gasteiger partial charge < -0.3 is 19.3 Å². The fraction of sp³-hybridized carbons (Fsp3) is 0.650. The number of carbonyl (C=O) groups is 1. The Morgan fingerprint density at radius 3 is 2.29 bits per heavy atom. The molecular formula is C20H35N3O4S. The van der Waals surface area contributed by atoms with Gasteiger partial charge in [-0.1, -0.05) is 13.0 Å². The summed E-state index contributed by atoms with van der Waals surface area (Å²) in [6.45, 7) is 13.9. The van der Waals surface area contributed by atoms with Crippen LogP contribution in [0.3, 0.4) is 0 Å². The number of nitrogens with one attached hydrogen (secondary N) is 1. The summed E-state index contributed by atoms with van der Waals surface area (Å²) in [7, 11) is -3.68. The van der Waals surface area contributed by atoms with Gasteiger partial charge in [-0.25, -0.2) is 4.79 Å². The number of hydrogen-bond acceptors (Lipinski definition) is 5. The Morgan fingerprint density at radius 2 is 1.79 bits per heavy atom. The lowest BCUT2D eigenvalue weighted by Gasteiger charge is -2.30. The second-order valence-corrected chi connectivity index (χ2v) is 8.47. The summed E-state index contributed by atoms with van der Waals surface area (Å²) in [5.74, 6) is 0.164. The molecular weight excluding hydrogens is 378 g/mol. The predicted octanol–water partition coefficient (Wildman–Crippen LogP) is 3.59. The first-order valence-corrected chi connectivity index (χ1v) is 11.6. The quantitative estimate of drug-likeness (QED) is 0.561. The summed E-state index contributed by atoms with van der Waals surface area (Å²) in [4.78, 5) is 16.3. The van der Waals surface area contributed by atoms with Gasteiger partial charge in [-0.3, -0.25) is 0 Å². The molecule has 0 bridgehead atoms. The monoisotopic (exact) mass is 413 g/mol. The molecule has 8 heteroatoms. The first-order chi connectivity index (χ1) is 13.2. The van der Waals surface area contributed by atoms with E-state index in [2.05, 4.69) is 10.2 Å². The number of nitrogens with zero attached hydrogens (tertiary/aromatic N) is 2. The molecule has 1 aromatic carbocycles. The molecule has 1 aromatic rings. The van der Waals surface area contributed by atoms with Crippen LogP contribution >= 0.6 is 0 Å². The first-order valence-electron chi connectivity index (χ1n) is 10.1. The van der Waals surface area contributed by atoms with Crippen LogP contribution in [-0.4, -0.2) is 50.8 Å². The summed E-state index contributed by atoms with van der Waals surface area (Å²) in [5.41, 5.74) is 1.56. The lowest BCUT2D eigenvalue weighted by Crippen LogP contribution is -2.44. The summed E-state index contributed by atoms with van der Waals surface area (Å²) in [6.07, 6.45) is 0.790. The highest BCUT2D eigenvalue weighted by Crippen LogP contribution is 2.29. The highest BCUT2D eigenvalue weighted by Gasteiger charge is 2.22. The molecule has 0 unspecified atom stereocenters. The van der Waals surface area contributed by atoms with E-state index in [1.807, 2.05) is 46.8 Å². The number of carbonyl (C=O) groups excluding carboxylic acids is 1. The van der Waals surface area contributed by atoms with Gasteiger partial charge in [0.15, 0.2) is 0 Å². The van der Waals surface area contributed by atoms with Crippen molar-refractivity contribution in [1.82, 2.24) is 10.2 Å². The number of benzene rings is 1. The van der Waals surface area contributed by atoms with E-state index in [1.165, 1.54) is 0 Å². The largest absolute Gasteiger partial charge is 0.382 e. The van der Waals surface area contributed by atoms with Crippen molar-refractivity contribution in [2.45, 2.75) is 60.5 Å². The molecule has 0 fully saturated rings. The molecule has 1 atom stereocenters. The molecule has 160 valence electrons. The van der Waals surface area contributed by atoms with Gasteiger partial charge in [0.2, 0.25) is 0 Å². The van der Waals surface area contributed by atoms with Crippen LogP contribution in [0.25, 0.3) is 0 Å². The minimum atomic E-state index is -3.68. The number of anilines is 1. The van der Waals surface area contributed by atoms with Crippen LogP contribution in [0.1, 0.15) is 53.5 Å². The Bertz CT molecular complexity index is 733. The predicted molar refractivity (Wildman–Crippen MR) is 114 cm³/mol. The zero-order valence-corrected chi connectivity index (χ0v) is 18.8. The van der Waals surface area contributed by atoms with Crippen molar-refractivity contribution in [3.8, 4) is 5.75 Å². The van der Waals surface area contributed by atoms with Gasteiger partial charge in [0.1, 0.15) is 5.75 Å². The lowest BCUT2D eigenvalue weighted by atomic mass is 10.1. The van der Waals surface area contributed by atoms with Gasteiger partial charge in [-0.2, -0.15) is 8.42 Å². The highest BCUT2D eigenvalue weighted by atomic mass is 32.2. The molecule has 0 aliphatic rings. The molecule has 0 aliphatic heterocycles. The van der Waals surface area contributed by atoms with Crippen LogP contribution in [0.5, 0.6) is 5.75 Å². The molecule has 0 radical (unpaired) electrons. The third-order valence-corrected chi connectivity index (χ3v) is 5.94. The molecule has 0 spiro atoms. The van der Waals surface area contributed by atoms with Crippen LogP contribution in [0.4, 0.5) is 10.5 Å². The summed E-state index contributed by atoms with van der Waals surface area (Å²) in [6, 6.07) is 5.38. The fourth-order valence-corrected chi connectivity index (χ4v) is 3.36. The highest BCUT2D eigenvalue weighted by molar-refractivity contribution is 7.87. The van der Waals surface area contributed by atoms with E-state index in [9.17, 15) is 13.2 Å². The van der Waals surface area contributed by atoms with Crippen molar-refractivity contribution in [1.29, 1.82) is 0 Å². The van der Waals surface area contributed by atoms with Crippen LogP contribution in [0, 0.1) is 0 Å². The summed E-state index contributed by atoms with van der Waals surface area (Å²) in [5, 5.41) is 2.83. The van der Waals surface area contributed by atoms with E-state index >= 15 is 0 Å². The molecule has 2 amide bonds. The van der Waals surface area contributed by atoms with Crippen molar-refractivity contribution >= 4 is 21.8 Å². The third kappa shape index (κ3) is 6.58. The lowest BCUT2D eigenvalue weighted by molar-refractivity contribution is 0.173. The average Bonchev–Trinajstić information content (AvgIpc) is 2.67. The van der Waals surface area contributed by atoms with Crippen LogP contribution in [-0.2, 0) is 16.7 Å². The number of amides is 2. The van der Waals surface area contributed by atoms with E-state index < -0.39 is 10.1 Å². The minimum Gasteiger partial charge on any atom is -0.382 e. The Balaban J connectivity index is 3.35. The van der Waals surface area contributed by atoms with Crippen LogP contribution in [0.2, 0.25) is 0 Å². The van der Waals surface area contributed by atoms with Gasteiger partial charge in [-0.05, 0) is 47.1 Å². The zero-order valence-electron chi connectivity index (χ0n) is 18.0. The number of hydrogen-bond donors (Lipinski definition) is 1. The van der Waals surface area contributed by atoms with Gasteiger partial charge in [0.05, 0.1) is 12.3 Å².